The third kappa shape index (κ3) is 3.79. The highest BCUT2D eigenvalue weighted by atomic mass is 32.2. The van der Waals surface area contributed by atoms with Crippen molar-refractivity contribution in [2.75, 3.05) is 37.1 Å². The van der Waals surface area contributed by atoms with E-state index in [-0.39, 0.29) is 12.4 Å². The van der Waals surface area contributed by atoms with Gasteiger partial charge >= 0.3 is 0 Å². The molecule has 0 amide bonds. The van der Waals surface area contributed by atoms with Crippen molar-refractivity contribution in [1.29, 1.82) is 5.26 Å². The molecule has 136 valence electrons. The van der Waals surface area contributed by atoms with E-state index in [0.717, 1.165) is 22.4 Å². The predicted octanol–water partition coefficient (Wildman–Crippen LogP) is 2.14. The molecule has 1 N–H and O–H groups in total. The minimum atomic E-state index is -3.01. The predicted molar refractivity (Wildman–Crippen MR) is 101 cm³/mol. The Bertz CT molecular complexity index is 1100. The summed E-state index contributed by atoms with van der Waals surface area (Å²) in [5.41, 5.74) is 3.75. The molecular formula is C18H20N4O3S. The highest BCUT2D eigenvalue weighted by molar-refractivity contribution is 7.90. The van der Waals surface area contributed by atoms with Crippen LogP contribution in [0.25, 0.3) is 16.7 Å². The lowest BCUT2D eigenvalue weighted by Gasteiger charge is -2.12. The molecule has 0 aliphatic carbocycles. The number of nitrogens with one attached hydrogen (secondary N) is 1. The summed E-state index contributed by atoms with van der Waals surface area (Å²) in [5.74, 6) is 0.830. The maximum atomic E-state index is 11.1. The fourth-order valence-electron chi connectivity index (χ4n) is 2.79. The molecule has 3 aromatic rings. The first kappa shape index (κ1) is 18.2. The van der Waals surface area contributed by atoms with Crippen molar-refractivity contribution in [3.63, 3.8) is 0 Å². The van der Waals surface area contributed by atoms with Crippen LogP contribution in [0.5, 0.6) is 0 Å². The summed E-state index contributed by atoms with van der Waals surface area (Å²) >= 11 is 0. The summed E-state index contributed by atoms with van der Waals surface area (Å²) in [6.07, 6.45) is 1.19. The van der Waals surface area contributed by atoms with Crippen LogP contribution in [0.2, 0.25) is 0 Å². The van der Waals surface area contributed by atoms with Crippen molar-refractivity contribution >= 4 is 32.3 Å². The number of pyridine rings is 1. The Morgan fingerprint density at radius 3 is 2.81 bits per heavy atom. The second-order valence-corrected chi connectivity index (χ2v) is 8.39. The summed E-state index contributed by atoms with van der Waals surface area (Å²) in [6.45, 7) is 2.95. The molecule has 26 heavy (non-hydrogen) atoms. The highest BCUT2D eigenvalue weighted by Gasteiger charge is 2.14. The topological polar surface area (TPSA) is 96.5 Å². The summed E-state index contributed by atoms with van der Waals surface area (Å²) in [5, 5.41) is 12.8. The molecule has 1 aromatic carbocycles. The van der Waals surface area contributed by atoms with Crippen LogP contribution >= 0.6 is 0 Å². The Morgan fingerprint density at radius 2 is 2.08 bits per heavy atom. The van der Waals surface area contributed by atoms with Gasteiger partial charge in [-0.25, -0.2) is 13.4 Å². The first-order valence-corrected chi connectivity index (χ1v) is 10.3. The van der Waals surface area contributed by atoms with E-state index >= 15 is 0 Å². The molecule has 0 saturated carbocycles. The van der Waals surface area contributed by atoms with Gasteiger partial charge in [0.25, 0.3) is 0 Å². The Morgan fingerprint density at radius 1 is 1.31 bits per heavy atom. The molecule has 0 spiro atoms. The van der Waals surface area contributed by atoms with Gasteiger partial charge < -0.3 is 10.1 Å². The normalized spacial score (nSPS) is 11.7. The largest absolute Gasteiger partial charge is 0.379 e. The van der Waals surface area contributed by atoms with Crippen molar-refractivity contribution < 1.29 is 13.2 Å². The lowest BCUT2D eigenvalue weighted by Crippen LogP contribution is -2.16. The number of hydrogen-bond donors (Lipinski definition) is 1. The third-order valence-corrected chi connectivity index (χ3v) is 4.94. The number of imidazole rings is 1. The van der Waals surface area contributed by atoms with Crippen molar-refractivity contribution in [1.82, 2.24) is 9.38 Å². The number of ether oxygens (including phenoxy) is 1. The Balaban J connectivity index is 1.83. The first-order chi connectivity index (χ1) is 12.4. The van der Waals surface area contributed by atoms with Gasteiger partial charge in [-0.05, 0) is 30.7 Å². The summed E-state index contributed by atoms with van der Waals surface area (Å²) < 4.78 is 29.5. The second kappa shape index (κ2) is 7.32. The van der Waals surface area contributed by atoms with Crippen molar-refractivity contribution in [2.45, 2.75) is 6.92 Å². The first-order valence-electron chi connectivity index (χ1n) is 8.21. The molecular weight excluding hydrogens is 352 g/mol. The van der Waals surface area contributed by atoms with Crippen LogP contribution in [0.3, 0.4) is 0 Å². The van der Waals surface area contributed by atoms with Crippen molar-refractivity contribution in [3.05, 3.63) is 41.5 Å². The number of nitrogens with zero attached hydrogens (tertiary/aromatic N) is 3. The summed E-state index contributed by atoms with van der Waals surface area (Å²) in [7, 11) is -3.01. The maximum Gasteiger partial charge on any atom is 0.157 e. The average molecular weight is 372 g/mol. The number of rotatable bonds is 7. The lowest BCUT2D eigenvalue weighted by atomic mass is 10.1. The smallest absolute Gasteiger partial charge is 0.157 e. The Kier molecular flexibility index (Phi) is 5.11. The number of aromatic nitrogens is 2. The average Bonchev–Trinajstić information content (AvgIpc) is 2.96. The van der Waals surface area contributed by atoms with E-state index in [4.69, 9.17) is 4.74 Å². The molecule has 2 aromatic heterocycles. The SMILES string of the molecule is Cc1cc(NCCOCCS(C)(=O)=O)n2c(nc3ccccc32)c1C#N. The van der Waals surface area contributed by atoms with Gasteiger partial charge in [-0.1, -0.05) is 12.1 Å². The van der Waals surface area contributed by atoms with Crippen LogP contribution in [0.1, 0.15) is 11.1 Å². The zero-order valence-corrected chi connectivity index (χ0v) is 15.5. The molecule has 0 fully saturated rings. The maximum absolute atomic E-state index is 11.1. The Labute approximate surface area is 152 Å². The van der Waals surface area contributed by atoms with Crippen molar-refractivity contribution in [2.24, 2.45) is 0 Å². The van der Waals surface area contributed by atoms with Crippen LogP contribution in [-0.4, -0.2) is 49.6 Å². The number of anilines is 1. The van der Waals surface area contributed by atoms with Crippen LogP contribution in [0.15, 0.2) is 30.3 Å². The van der Waals surface area contributed by atoms with Gasteiger partial charge in [0.15, 0.2) is 5.65 Å². The minimum absolute atomic E-state index is 0.0133. The van der Waals surface area contributed by atoms with Gasteiger partial charge in [-0.2, -0.15) is 5.26 Å². The van der Waals surface area contributed by atoms with Crippen LogP contribution in [0, 0.1) is 18.3 Å². The number of hydrogen-bond acceptors (Lipinski definition) is 6. The number of sulfone groups is 1. The molecule has 0 aliphatic rings. The van der Waals surface area contributed by atoms with E-state index in [0.29, 0.717) is 24.4 Å². The molecule has 0 atom stereocenters. The number of benzene rings is 1. The number of nitriles is 1. The summed E-state index contributed by atoms with van der Waals surface area (Å²) in [4.78, 5) is 4.59. The van der Waals surface area contributed by atoms with Gasteiger partial charge in [-0.3, -0.25) is 4.40 Å². The van der Waals surface area contributed by atoms with Gasteiger partial charge in [0.1, 0.15) is 21.7 Å². The highest BCUT2D eigenvalue weighted by Crippen LogP contribution is 2.26. The molecule has 8 heteroatoms. The monoisotopic (exact) mass is 372 g/mol. The molecule has 7 nitrogen and oxygen atoms in total. The van der Waals surface area contributed by atoms with E-state index in [2.05, 4.69) is 16.4 Å². The van der Waals surface area contributed by atoms with E-state index < -0.39 is 9.84 Å². The summed E-state index contributed by atoms with van der Waals surface area (Å²) in [6, 6.07) is 11.9. The van der Waals surface area contributed by atoms with E-state index in [9.17, 15) is 13.7 Å². The van der Waals surface area contributed by atoms with E-state index in [1.54, 1.807) is 0 Å². The van der Waals surface area contributed by atoms with E-state index in [1.807, 2.05) is 41.7 Å². The van der Waals surface area contributed by atoms with Gasteiger partial charge in [-0.15, -0.1) is 0 Å². The van der Waals surface area contributed by atoms with Crippen LogP contribution < -0.4 is 5.32 Å². The van der Waals surface area contributed by atoms with Crippen LogP contribution in [-0.2, 0) is 14.6 Å². The van der Waals surface area contributed by atoms with Gasteiger partial charge in [0.2, 0.25) is 0 Å². The standard InChI is InChI=1S/C18H20N4O3S/c1-13-11-17(20-7-8-25-9-10-26(2,23)24)22-16-6-4-3-5-15(16)21-18(22)14(13)12-19/h3-6,11,20H,7-10H2,1-2H3. The molecule has 0 unspecified atom stereocenters. The molecule has 2 heterocycles. The van der Waals surface area contributed by atoms with E-state index in [1.165, 1.54) is 6.26 Å². The molecule has 0 radical (unpaired) electrons. The fraction of sp³-hybridized carbons (Fsp3) is 0.333. The lowest BCUT2D eigenvalue weighted by molar-refractivity contribution is 0.159. The van der Waals surface area contributed by atoms with Crippen LogP contribution in [0.4, 0.5) is 5.82 Å². The molecule has 0 saturated heterocycles. The van der Waals surface area contributed by atoms with Crippen molar-refractivity contribution in [3.8, 4) is 6.07 Å². The molecule has 0 bridgehead atoms. The number of aryl methyl sites for hydroxylation is 1. The number of para-hydroxylation sites is 2. The third-order valence-electron chi connectivity index (χ3n) is 4.04. The fourth-order valence-corrected chi connectivity index (χ4v) is 3.21. The molecule has 3 rings (SSSR count). The molecule has 0 aliphatic heterocycles. The quantitative estimate of drug-likeness (QED) is 0.638. The Hall–Kier alpha value is -2.63. The van der Waals surface area contributed by atoms with Gasteiger partial charge in [0, 0.05) is 12.8 Å². The number of fused-ring (bicyclic) bond motifs is 3. The second-order valence-electron chi connectivity index (χ2n) is 6.13. The van der Waals surface area contributed by atoms with Gasteiger partial charge in [0.05, 0.1) is 35.6 Å². The zero-order chi connectivity index (χ0) is 18.7. The zero-order valence-electron chi connectivity index (χ0n) is 14.7. The minimum Gasteiger partial charge on any atom is -0.379 e.